The minimum atomic E-state index is -0.330. The second-order valence-electron chi connectivity index (χ2n) is 3.97. The molecule has 2 aromatic rings. The average Bonchev–Trinajstić information content (AvgIpc) is 2.48. The maximum atomic E-state index is 12.0. The summed E-state index contributed by atoms with van der Waals surface area (Å²) in [6.07, 6.45) is 3.27. The number of benzene rings is 1. The van der Waals surface area contributed by atoms with Crippen LogP contribution >= 0.6 is 11.8 Å². The molecule has 0 aliphatic carbocycles. The number of carbonyl (C=O) groups is 1. The van der Waals surface area contributed by atoms with Gasteiger partial charge in [-0.1, -0.05) is 17.8 Å². The van der Waals surface area contributed by atoms with Crippen LogP contribution in [0, 0.1) is 11.3 Å². The molecule has 0 unspecified atom stereocenters. The van der Waals surface area contributed by atoms with Crippen LogP contribution in [0.3, 0.4) is 0 Å². The zero-order valence-corrected chi connectivity index (χ0v) is 11.6. The molecule has 1 aromatic heterocycles. The summed E-state index contributed by atoms with van der Waals surface area (Å²) in [4.78, 5) is 20.2. The van der Waals surface area contributed by atoms with E-state index >= 15 is 0 Å². The van der Waals surface area contributed by atoms with Crippen LogP contribution in [0.1, 0.15) is 12.5 Å². The number of nitriles is 1. The van der Waals surface area contributed by atoms with Gasteiger partial charge in [0, 0.05) is 18.1 Å². The molecule has 0 saturated heterocycles. The summed E-state index contributed by atoms with van der Waals surface area (Å²) < 4.78 is 0. The molecule has 1 atom stereocenters. The number of amides is 1. The van der Waals surface area contributed by atoms with Crippen LogP contribution in [0.2, 0.25) is 0 Å². The van der Waals surface area contributed by atoms with Gasteiger partial charge in [0.2, 0.25) is 5.91 Å². The van der Waals surface area contributed by atoms with Gasteiger partial charge in [0.1, 0.15) is 0 Å². The fourth-order valence-corrected chi connectivity index (χ4v) is 2.19. The quantitative estimate of drug-likeness (QED) is 0.689. The monoisotopic (exact) mass is 284 g/mol. The molecule has 1 aromatic carbocycles. The number of nitrogens with one attached hydrogen (secondary N) is 1. The minimum absolute atomic E-state index is 0.155. The summed E-state index contributed by atoms with van der Waals surface area (Å²) in [5.41, 5.74) is 1.12. The summed E-state index contributed by atoms with van der Waals surface area (Å²) in [6.45, 7) is 1.78. The molecule has 100 valence electrons. The topological polar surface area (TPSA) is 78.7 Å². The summed E-state index contributed by atoms with van der Waals surface area (Å²) >= 11 is 1.28. The number of aromatic nitrogens is 2. The molecule has 1 N–H and O–H groups in total. The Kier molecular flexibility index (Phi) is 4.69. The maximum Gasteiger partial charge on any atom is 0.237 e. The van der Waals surface area contributed by atoms with E-state index in [1.165, 1.54) is 11.8 Å². The molecule has 0 aliphatic heterocycles. The lowest BCUT2D eigenvalue weighted by molar-refractivity contribution is -0.115. The minimum Gasteiger partial charge on any atom is -0.325 e. The third kappa shape index (κ3) is 3.80. The van der Waals surface area contributed by atoms with Crippen molar-refractivity contribution in [3.8, 4) is 6.07 Å². The highest BCUT2D eigenvalue weighted by Gasteiger charge is 2.15. The molecular formula is C14H12N4OS. The van der Waals surface area contributed by atoms with Gasteiger partial charge in [-0.05, 0) is 31.2 Å². The van der Waals surface area contributed by atoms with E-state index in [1.54, 1.807) is 49.6 Å². The van der Waals surface area contributed by atoms with Crippen molar-refractivity contribution in [1.82, 2.24) is 9.97 Å². The van der Waals surface area contributed by atoms with E-state index in [0.29, 0.717) is 16.4 Å². The van der Waals surface area contributed by atoms with Crippen molar-refractivity contribution in [2.75, 3.05) is 5.32 Å². The Labute approximate surface area is 121 Å². The first kappa shape index (κ1) is 14.0. The van der Waals surface area contributed by atoms with Gasteiger partial charge in [0.05, 0.1) is 16.9 Å². The van der Waals surface area contributed by atoms with Crippen molar-refractivity contribution in [2.45, 2.75) is 17.3 Å². The summed E-state index contributed by atoms with van der Waals surface area (Å²) in [5, 5.41) is 11.8. The molecule has 0 aliphatic rings. The molecule has 5 nitrogen and oxygen atoms in total. The van der Waals surface area contributed by atoms with E-state index in [1.807, 2.05) is 6.07 Å². The van der Waals surface area contributed by atoms with Crippen molar-refractivity contribution in [2.24, 2.45) is 0 Å². The van der Waals surface area contributed by atoms with Crippen molar-refractivity contribution in [3.63, 3.8) is 0 Å². The zero-order valence-electron chi connectivity index (χ0n) is 10.8. The largest absolute Gasteiger partial charge is 0.325 e. The summed E-state index contributed by atoms with van der Waals surface area (Å²) in [7, 11) is 0. The molecule has 0 bridgehead atoms. The van der Waals surface area contributed by atoms with Crippen molar-refractivity contribution >= 4 is 23.4 Å². The Balaban J connectivity index is 1.99. The molecule has 0 radical (unpaired) electrons. The Morgan fingerprint density at radius 1 is 1.35 bits per heavy atom. The third-order valence-corrected chi connectivity index (χ3v) is 3.44. The van der Waals surface area contributed by atoms with Crippen molar-refractivity contribution < 1.29 is 4.79 Å². The standard InChI is InChI=1S/C14H12N4OS/c1-10(20-14-16-6-3-7-17-14)13(19)18-12-5-2-4-11(8-12)9-15/h2-8,10H,1H3,(H,18,19)/t10-/m1/s1. The highest BCUT2D eigenvalue weighted by atomic mass is 32.2. The van der Waals surface area contributed by atoms with Crippen LogP contribution < -0.4 is 5.32 Å². The van der Waals surface area contributed by atoms with Gasteiger partial charge >= 0.3 is 0 Å². The van der Waals surface area contributed by atoms with Crippen LogP contribution in [0.5, 0.6) is 0 Å². The number of hydrogen-bond donors (Lipinski definition) is 1. The molecule has 0 spiro atoms. The third-order valence-electron chi connectivity index (χ3n) is 2.45. The van der Waals surface area contributed by atoms with Gasteiger partial charge in [0.15, 0.2) is 5.16 Å². The van der Waals surface area contributed by atoms with E-state index in [2.05, 4.69) is 15.3 Å². The smallest absolute Gasteiger partial charge is 0.237 e. The fourth-order valence-electron chi connectivity index (χ4n) is 1.47. The van der Waals surface area contributed by atoms with E-state index in [-0.39, 0.29) is 11.2 Å². The Bertz CT molecular complexity index is 639. The number of nitrogens with zero attached hydrogens (tertiary/aromatic N) is 3. The van der Waals surface area contributed by atoms with Crippen LogP contribution in [-0.2, 0) is 4.79 Å². The Hall–Kier alpha value is -2.39. The average molecular weight is 284 g/mol. The van der Waals surface area contributed by atoms with E-state index in [0.717, 1.165) is 0 Å². The summed E-state index contributed by atoms with van der Waals surface area (Å²) in [6, 6.07) is 10.6. The molecular weight excluding hydrogens is 272 g/mol. The normalized spacial score (nSPS) is 11.4. The lowest BCUT2D eigenvalue weighted by Gasteiger charge is -2.11. The molecule has 2 rings (SSSR count). The predicted octanol–water partition coefficient (Wildman–Crippen LogP) is 2.47. The van der Waals surface area contributed by atoms with E-state index in [4.69, 9.17) is 5.26 Å². The second-order valence-corrected chi connectivity index (χ2v) is 5.28. The second kappa shape index (κ2) is 6.68. The number of rotatable bonds is 4. The first-order chi connectivity index (χ1) is 9.69. The van der Waals surface area contributed by atoms with E-state index in [9.17, 15) is 4.79 Å². The molecule has 1 heterocycles. The highest BCUT2D eigenvalue weighted by molar-refractivity contribution is 8.00. The number of hydrogen-bond acceptors (Lipinski definition) is 5. The molecule has 20 heavy (non-hydrogen) atoms. The van der Waals surface area contributed by atoms with Crippen LogP contribution in [0.15, 0.2) is 47.9 Å². The van der Waals surface area contributed by atoms with Crippen LogP contribution in [0.25, 0.3) is 0 Å². The van der Waals surface area contributed by atoms with E-state index < -0.39 is 0 Å². The predicted molar refractivity (Wildman–Crippen MR) is 77.1 cm³/mol. The van der Waals surface area contributed by atoms with Crippen LogP contribution in [-0.4, -0.2) is 21.1 Å². The lowest BCUT2D eigenvalue weighted by atomic mass is 10.2. The molecule has 0 fully saturated rings. The van der Waals surface area contributed by atoms with Crippen molar-refractivity contribution in [1.29, 1.82) is 5.26 Å². The first-order valence-corrected chi connectivity index (χ1v) is 6.81. The highest BCUT2D eigenvalue weighted by Crippen LogP contribution is 2.20. The molecule has 1 amide bonds. The Morgan fingerprint density at radius 2 is 2.10 bits per heavy atom. The van der Waals surface area contributed by atoms with Gasteiger partial charge in [-0.2, -0.15) is 5.26 Å². The summed E-state index contributed by atoms with van der Waals surface area (Å²) in [5.74, 6) is -0.155. The maximum absolute atomic E-state index is 12.0. The van der Waals surface area contributed by atoms with Crippen molar-refractivity contribution in [3.05, 3.63) is 48.3 Å². The fraction of sp³-hybridized carbons (Fsp3) is 0.143. The van der Waals surface area contributed by atoms with Gasteiger partial charge in [-0.3, -0.25) is 4.79 Å². The SMILES string of the molecule is C[C@@H](Sc1ncccn1)C(=O)Nc1cccc(C#N)c1. The first-order valence-electron chi connectivity index (χ1n) is 5.94. The number of thioether (sulfide) groups is 1. The van der Waals surface area contributed by atoms with Gasteiger partial charge in [-0.25, -0.2) is 9.97 Å². The zero-order chi connectivity index (χ0) is 14.4. The van der Waals surface area contributed by atoms with Gasteiger partial charge in [-0.15, -0.1) is 0 Å². The number of anilines is 1. The van der Waals surface area contributed by atoms with Crippen LogP contribution in [0.4, 0.5) is 5.69 Å². The molecule has 6 heteroatoms. The molecule has 0 saturated carbocycles. The van der Waals surface area contributed by atoms with Gasteiger partial charge in [0.25, 0.3) is 0 Å². The van der Waals surface area contributed by atoms with Gasteiger partial charge < -0.3 is 5.32 Å². The lowest BCUT2D eigenvalue weighted by Crippen LogP contribution is -2.22. The Morgan fingerprint density at radius 3 is 2.80 bits per heavy atom. The number of carbonyl (C=O) groups excluding carboxylic acids is 1.